The van der Waals surface area contributed by atoms with Crippen LogP contribution in [-0.4, -0.2) is 34.3 Å². The highest BCUT2D eigenvalue weighted by atomic mass is 32.2. The molecule has 4 rings (SSSR count). The molecule has 0 amide bonds. The van der Waals surface area contributed by atoms with Gasteiger partial charge in [-0.15, -0.1) is 0 Å². The van der Waals surface area contributed by atoms with Crippen LogP contribution in [0.4, 0.5) is 0 Å². The first kappa shape index (κ1) is 12.3. The molecule has 0 N–H and O–H groups in total. The maximum atomic E-state index is 12.4. The van der Waals surface area contributed by atoms with Crippen LogP contribution in [-0.2, 0) is 14.3 Å². The van der Waals surface area contributed by atoms with Crippen molar-refractivity contribution in [1.82, 2.24) is 0 Å². The molecule has 4 aliphatic rings. The normalized spacial score (nSPS) is 49.7. The molecule has 0 aromatic rings. The minimum Gasteiger partial charge on any atom is -0.460 e. The van der Waals surface area contributed by atoms with Crippen molar-refractivity contribution in [1.29, 1.82) is 0 Å². The summed E-state index contributed by atoms with van der Waals surface area (Å²) < 4.78 is 11.6. The molecule has 7 atom stereocenters. The molecule has 19 heavy (non-hydrogen) atoms. The summed E-state index contributed by atoms with van der Waals surface area (Å²) in [6.07, 6.45) is 5.96. The smallest absolute Gasteiger partial charge is 0.310 e. The molecule has 0 saturated carbocycles. The summed E-state index contributed by atoms with van der Waals surface area (Å²) in [6, 6.07) is 0. The van der Waals surface area contributed by atoms with Crippen LogP contribution in [0.5, 0.6) is 0 Å². The van der Waals surface area contributed by atoms with Crippen LogP contribution in [0.1, 0.15) is 27.2 Å². The van der Waals surface area contributed by atoms with Gasteiger partial charge in [-0.05, 0) is 27.2 Å². The lowest BCUT2D eigenvalue weighted by Crippen LogP contribution is -2.42. The zero-order valence-corrected chi connectivity index (χ0v) is 12.4. The average molecular weight is 280 g/mol. The van der Waals surface area contributed by atoms with Crippen LogP contribution >= 0.6 is 11.8 Å². The van der Waals surface area contributed by atoms with Gasteiger partial charge in [-0.3, -0.25) is 4.79 Å². The Hall–Kier alpha value is -0.480. The van der Waals surface area contributed by atoms with Crippen molar-refractivity contribution in [2.45, 2.75) is 55.5 Å². The highest BCUT2D eigenvalue weighted by molar-refractivity contribution is 8.01. The quantitative estimate of drug-likeness (QED) is 0.546. The van der Waals surface area contributed by atoms with Gasteiger partial charge >= 0.3 is 5.97 Å². The van der Waals surface area contributed by atoms with Crippen molar-refractivity contribution in [3.05, 3.63) is 12.2 Å². The zero-order chi connectivity index (χ0) is 13.4. The fourth-order valence-electron chi connectivity index (χ4n) is 4.18. The lowest BCUT2D eigenvalue weighted by molar-refractivity contribution is -0.161. The van der Waals surface area contributed by atoms with E-state index in [1.807, 2.05) is 32.5 Å². The third-order valence-electron chi connectivity index (χ3n) is 4.74. The number of rotatable bonds is 1. The van der Waals surface area contributed by atoms with E-state index in [9.17, 15) is 4.79 Å². The molecule has 0 aromatic heterocycles. The van der Waals surface area contributed by atoms with Gasteiger partial charge in [-0.1, -0.05) is 12.2 Å². The van der Waals surface area contributed by atoms with Gasteiger partial charge in [0.25, 0.3) is 0 Å². The van der Waals surface area contributed by atoms with Crippen molar-refractivity contribution in [2.75, 3.05) is 0 Å². The molecule has 0 radical (unpaired) electrons. The SMILES string of the molecule is CC(C)(C)OC(=O)C1CC2SC1C1C3C=CC(O3)C21. The molecule has 0 aliphatic carbocycles. The molecule has 3 fully saturated rings. The summed E-state index contributed by atoms with van der Waals surface area (Å²) in [5, 5.41) is 0.997. The summed E-state index contributed by atoms with van der Waals surface area (Å²) in [4.78, 5) is 12.4. The molecule has 4 heterocycles. The van der Waals surface area contributed by atoms with Gasteiger partial charge < -0.3 is 9.47 Å². The van der Waals surface area contributed by atoms with E-state index in [0.29, 0.717) is 28.4 Å². The van der Waals surface area contributed by atoms with Crippen LogP contribution < -0.4 is 0 Å². The van der Waals surface area contributed by atoms with Gasteiger partial charge in [0, 0.05) is 22.3 Å². The molecule has 3 nitrogen and oxygen atoms in total. The van der Waals surface area contributed by atoms with Crippen LogP contribution in [0.2, 0.25) is 0 Å². The van der Waals surface area contributed by atoms with Crippen LogP contribution in [0.3, 0.4) is 0 Å². The van der Waals surface area contributed by atoms with Crippen molar-refractivity contribution < 1.29 is 14.3 Å². The highest BCUT2D eigenvalue weighted by Gasteiger charge is 2.64. The largest absolute Gasteiger partial charge is 0.460 e. The molecule has 7 unspecified atom stereocenters. The maximum Gasteiger partial charge on any atom is 0.310 e. The Kier molecular flexibility index (Phi) is 2.45. The van der Waals surface area contributed by atoms with Crippen molar-refractivity contribution >= 4 is 17.7 Å². The third-order valence-corrected chi connectivity index (χ3v) is 6.55. The Labute approximate surface area is 118 Å². The van der Waals surface area contributed by atoms with Gasteiger partial charge in [0.05, 0.1) is 18.1 Å². The monoisotopic (exact) mass is 280 g/mol. The summed E-state index contributed by atoms with van der Waals surface area (Å²) >= 11 is 2.01. The lowest BCUT2D eigenvalue weighted by atomic mass is 9.69. The molecule has 3 saturated heterocycles. The minimum atomic E-state index is -0.381. The number of fused-ring (bicyclic) bond motifs is 9. The Balaban J connectivity index is 1.54. The summed E-state index contributed by atoms with van der Waals surface area (Å²) in [5.41, 5.74) is -0.381. The first-order valence-electron chi connectivity index (χ1n) is 7.16. The van der Waals surface area contributed by atoms with E-state index in [-0.39, 0.29) is 23.6 Å². The van der Waals surface area contributed by atoms with Gasteiger partial charge in [0.2, 0.25) is 0 Å². The Bertz CT molecular complexity index is 453. The second kappa shape index (κ2) is 3.79. The number of hydrogen-bond acceptors (Lipinski definition) is 4. The maximum absolute atomic E-state index is 12.4. The second-order valence-electron chi connectivity index (χ2n) is 7.12. The molecule has 0 aromatic carbocycles. The highest BCUT2D eigenvalue weighted by Crippen LogP contribution is 2.63. The van der Waals surface area contributed by atoms with Crippen LogP contribution in [0.15, 0.2) is 12.2 Å². The first-order chi connectivity index (χ1) is 8.94. The number of thioether (sulfide) groups is 1. The zero-order valence-electron chi connectivity index (χ0n) is 11.5. The first-order valence-corrected chi connectivity index (χ1v) is 8.10. The summed E-state index contributed by atoms with van der Waals surface area (Å²) in [6.45, 7) is 5.83. The van der Waals surface area contributed by atoms with E-state index < -0.39 is 0 Å². The molecule has 4 bridgehead atoms. The molecule has 4 aliphatic heterocycles. The van der Waals surface area contributed by atoms with E-state index >= 15 is 0 Å². The van der Waals surface area contributed by atoms with E-state index in [1.165, 1.54) is 0 Å². The fourth-order valence-corrected chi connectivity index (χ4v) is 6.35. The van der Waals surface area contributed by atoms with Crippen molar-refractivity contribution in [3.8, 4) is 0 Å². The van der Waals surface area contributed by atoms with Crippen LogP contribution in [0.25, 0.3) is 0 Å². The van der Waals surface area contributed by atoms with Crippen LogP contribution in [0, 0.1) is 17.8 Å². The standard InChI is InChI=1S/C15H20O3S/c1-15(2,3)18-14(16)7-6-10-11-8-4-5-9(17-8)12(11)13(7)19-10/h4-5,7-13H,6H2,1-3H3. The summed E-state index contributed by atoms with van der Waals surface area (Å²) in [7, 11) is 0. The summed E-state index contributed by atoms with van der Waals surface area (Å²) in [5.74, 6) is 1.25. The van der Waals surface area contributed by atoms with Gasteiger partial charge in [0.1, 0.15) is 5.60 Å². The van der Waals surface area contributed by atoms with Gasteiger partial charge in [0.15, 0.2) is 0 Å². The topological polar surface area (TPSA) is 35.5 Å². The number of carbonyl (C=O) groups excluding carboxylic acids is 1. The van der Waals surface area contributed by atoms with E-state index in [2.05, 4.69) is 12.2 Å². The fraction of sp³-hybridized carbons (Fsp3) is 0.800. The third kappa shape index (κ3) is 1.72. The average Bonchev–Trinajstić information content (AvgIpc) is 3.04. The predicted molar refractivity (Wildman–Crippen MR) is 73.9 cm³/mol. The molecular formula is C15H20O3S. The molecular weight excluding hydrogens is 260 g/mol. The Morgan fingerprint density at radius 2 is 1.95 bits per heavy atom. The van der Waals surface area contributed by atoms with E-state index in [1.54, 1.807) is 0 Å². The number of ether oxygens (including phenoxy) is 2. The number of carbonyl (C=O) groups is 1. The van der Waals surface area contributed by atoms with Crippen molar-refractivity contribution in [2.24, 2.45) is 17.8 Å². The number of esters is 1. The number of hydrogen-bond donors (Lipinski definition) is 0. The Morgan fingerprint density at radius 3 is 2.63 bits per heavy atom. The molecule has 104 valence electrons. The second-order valence-corrected chi connectivity index (χ2v) is 8.54. The predicted octanol–water partition coefficient (Wildman–Crippen LogP) is 2.40. The van der Waals surface area contributed by atoms with Crippen molar-refractivity contribution in [3.63, 3.8) is 0 Å². The Morgan fingerprint density at radius 1 is 1.26 bits per heavy atom. The van der Waals surface area contributed by atoms with E-state index in [0.717, 1.165) is 6.42 Å². The van der Waals surface area contributed by atoms with Gasteiger partial charge in [-0.2, -0.15) is 11.8 Å². The lowest BCUT2D eigenvalue weighted by Gasteiger charge is -2.33. The van der Waals surface area contributed by atoms with Gasteiger partial charge in [-0.25, -0.2) is 0 Å². The molecule has 4 heteroatoms. The van der Waals surface area contributed by atoms with E-state index in [4.69, 9.17) is 9.47 Å². The minimum absolute atomic E-state index is 0.00213. The molecule has 0 spiro atoms.